The number of benzene rings is 1. The molecular formula is C16H17ClN2. The van der Waals surface area contributed by atoms with E-state index in [1.807, 2.05) is 18.3 Å². The summed E-state index contributed by atoms with van der Waals surface area (Å²) in [6.45, 7) is 3.55. The van der Waals surface area contributed by atoms with Gasteiger partial charge in [-0.3, -0.25) is 4.90 Å². The highest BCUT2D eigenvalue weighted by atomic mass is 35.5. The highest BCUT2D eigenvalue weighted by Gasteiger charge is 2.11. The standard InChI is InChI=1S/C16H17ClN2/c17-16-8-7-15(11-18-16)14-5-3-13(4-6-14)12-19-9-1-2-10-19/h3-8,11H,1-2,9-10,12H2. The summed E-state index contributed by atoms with van der Waals surface area (Å²) in [6, 6.07) is 12.6. The molecule has 1 fully saturated rings. The lowest BCUT2D eigenvalue weighted by atomic mass is 10.1. The Morgan fingerprint density at radius 2 is 1.63 bits per heavy atom. The van der Waals surface area contributed by atoms with Gasteiger partial charge in [-0.15, -0.1) is 0 Å². The van der Waals surface area contributed by atoms with Crippen LogP contribution in [0, 0.1) is 0 Å². The fourth-order valence-electron chi connectivity index (χ4n) is 2.55. The summed E-state index contributed by atoms with van der Waals surface area (Å²) in [5, 5.41) is 0.536. The summed E-state index contributed by atoms with van der Waals surface area (Å²) in [5.41, 5.74) is 3.68. The number of pyridine rings is 1. The predicted octanol–water partition coefficient (Wildman–Crippen LogP) is 4.00. The van der Waals surface area contributed by atoms with E-state index in [4.69, 9.17) is 11.6 Å². The number of halogens is 1. The second-order valence-corrected chi connectivity index (χ2v) is 5.44. The van der Waals surface area contributed by atoms with Gasteiger partial charge in [-0.1, -0.05) is 35.9 Å². The van der Waals surface area contributed by atoms with Gasteiger partial charge in [0.1, 0.15) is 5.15 Å². The van der Waals surface area contributed by atoms with Gasteiger partial charge in [0.05, 0.1) is 0 Å². The molecular weight excluding hydrogens is 256 g/mol. The second-order valence-electron chi connectivity index (χ2n) is 5.05. The largest absolute Gasteiger partial charge is 0.299 e. The molecule has 0 N–H and O–H groups in total. The molecule has 1 aliphatic heterocycles. The minimum absolute atomic E-state index is 0.536. The summed E-state index contributed by atoms with van der Waals surface area (Å²) in [5.74, 6) is 0. The van der Waals surface area contributed by atoms with E-state index in [1.165, 1.54) is 37.1 Å². The molecule has 1 aromatic carbocycles. The van der Waals surface area contributed by atoms with Gasteiger partial charge in [-0.05, 0) is 49.2 Å². The van der Waals surface area contributed by atoms with E-state index in [0.29, 0.717) is 5.15 Å². The molecule has 2 aromatic rings. The van der Waals surface area contributed by atoms with Crippen molar-refractivity contribution in [1.29, 1.82) is 0 Å². The van der Waals surface area contributed by atoms with Crippen LogP contribution in [-0.2, 0) is 6.54 Å². The van der Waals surface area contributed by atoms with Crippen LogP contribution in [0.1, 0.15) is 18.4 Å². The molecule has 98 valence electrons. The Labute approximate surface area is 119 Å². The zero-order valence-electron chi connectivity index (χ0n) is 10.8. The van der Waals surface area contributed by atoms with Crippen LogP contribution < -0.4 is 0 Å². The average molecular weight is 273 g/mol. The number of hydrogen-bond acceptors (Lipinski definition) is 2. The van der Waals surface area contributed by atoms with Crippen molar-refractivity contribution in [3.8, 4) is 11.1 Å². The van der Waals surface area contributed by atoms with Gasteiger partial charge in [0.15, 0.2) is 0 Å². The van der Waals surface area contributed by atoms with Crippen molar-refractivity contribution in [2.24, 2.45) is 0 Å². The van der Waals surface area contributed by atoms with Gasteiger partial charge in [0.25, 0.3) is 0 Å². The molecule has 1 saturated heterocycles. The topological polar surface area (TPSA) is 16.1 Å². The SMILES string of the molecule is Clc1ccc(-c2ccc(CN3CCCC3)cc2)cn1. The Hall–Kier alpha value is -1.38. The molecule has 0 bridgehead atoms. The van der Waals surface area contributed by atoms with Crippen LogP contribution in [0.3, 0.4) is 0 Å². The van der Waals surface area contributed by atoms with Crippen LogP contribution in [0.5, 0.6) is 0 Å². The smallest absolute Gasteiger partial charge is 0.129 e. The molecule has 1 aromatic heterocycles. The van der Waals surface area contributed by atoms with Crippen molar-refractivity contribution in [1.82, 2.24) is 9.88 Å². The molecule has 0 spiro atoms. The van der Waals surface area contributed by atoms with Crippen molar-refractivity contribution in [2.75, 3.05) is 13.1 Å². The van der Waals surface area contributed by atoms with Crippen LogP contribution in [0.15, 0.2) is 42.6 Å². The first kappa shape index (κ1) is 12.6. The lowest BCUT2D eigenvalue weighted by molar-refractivity contribution is 0.331. The summed E-state index contributed by atoms with van der Waals surface area (Å²) >= 11 is 5.80. The van der Waals surface area contributed by atoms with Gasteiger partial charge in [-0.25, -0.2) is 4.98 Å². The predicted molar refractivity (Wildman–Crippen MR) is 79.2 cm³/mol. The van der Waals surface area contributed by atoms with Crippen molar-refractivity contribution >= 4 is 11.6 Å². The summed E-state index contributed by atoms with van der Waals surface area (Å²) in [4.78, 5) is 6.63. The van der Waals surface area contributed by atoms with E-state index in [-0.39, 0.29) is 0 Å². The maximum absolute atomic E-state index is 5.80. The van der Waals surface area contributed by atoms with Crippen LogP contribution in [-0.4, -0.2) is 23.0 Å². The maximum atomic E-state index is 5.80. The van der Waals surface area contributed by atoms with Gasteiger partial charge >= 0.3 is 0 Å². The Kier molecular flexibility index (Phi) is 3.81. The Bertz CT molecular complexity index is 528. The molecule has 0 radical (unpaired) electrons. The van der Waals surface area contributed by atoms with Crippen LogP contribution in [0.2, 0.25) is 5.15 Å². The summed E-state index contributed by atoms with van der Waals surface area (Å²) in [7, 11) is 0. The molecule has 2 nitrogen and oxygen atoms in total. The van der Waals surface area contributed by atoms with Gasteiger partial charge in [0, 0.05) is 18.3 Å². The molecule has 19 heavy (non-hydrogen) atoms. The van der Waals surface area contributed by atoms with E-state index in [2.05, 4.69) is 34.1 Å². The van der Waals surface area contributed by atoms with Crippen LogP contribution in [0.25, 0.3) is 11.1 Å². The number of likely N-dealkylation sites (tertiary alicyclic amines) is 1. The monoisotopic (exact) mass is 272 g/mol. The van der Waals surface area contributed by atoms with Crippen molar-refractivity contribution in [3.05, 3.63) is 53.3 Å². The van der Waals surface area contributed by atoms with E-state index in [0.717, 1.165) is 12.1 Å². The fourth-order valence-corrected chi connectivity index (χ4v) is 2.66. The number of nitrogens with zero attached hydrogens (tertiary/aromatic N) is 2. The quantitative estimate of drug-likeness (QED) is 0.785. The zero-order chi connectivity index (χ0) is 13.1. The van der Waals surface area contributed by atoms with Crippen molar-refractivity contribution < 1.29 is 0 Å². The molecule has 0 atom stereocenters. The highest BCUT2D eigenvalue weighted by molar-refractivity contribution is 6.29. The van der Waals surface area contributed by atoms with Crippen LogP contribution in [0.4, 0.5) is 0 Å². The third-order valence-corrected chi connectivity index (χ3v) is 3.84. The summed E-state index contributed by atoms with van der Waals surface area (Å²) < 4.78 is 0. The van der Waals surface area contributed by atoms with Gasteiger partial charge in [-0.2, -0.15) is 0 Å². The van der Waals surface area contributed by atoms with Gasteiger partial charge < -0.3 is 0 Å². The molecule has 3 rings (SSSR count). The van der Waals surface area contributed by atoms with E-state index in [9.17, 15) is 0 Å². The second kappa shape index (κ2) is 5.72. The van der Waals surface area contributed by atoms with E-state index >= 15 is 0 Å². The lowest BCUT2D eigenvalue weighted by Gasteiger charge is -2.14. The number of aromatic nitrogens is 1. The molecule has 3 heteroatoms. The average Bonchev–Trinajstić information content (AvgIpc) is 2.94. The molecule has 0 unspecified atom stereocenters. The zero-order valence-corrected chi connectivity index (χ0v) is 11.6. The normalized spacial score (nSPS) is 15.8. The molecule has 0 amide bonds. The Balaban J connectivity index is 1.72. The minimum Gasteiger partial charge on any atom is -0.299 e. The van der Waals surface area contributed by atoms with Gasteiger partial charge in [0.2, 0.25) is 0 Å². The van der Waals surface area contributed by atoms with E-state index in [1.54, 1.807) is 0 Å². The number of rotatable bonds is 3. The lowest BCUT2D eigenvalue weighted by Crippen LogP contribution is -2.18. The number of hydrogen-bond donors (Lipinski definition) is 0. The van der Waals surface area contributed by atoms with Crippen LogP contribution >= 0.6 is 11.6 Å². The maximum Gasteiger partial charge on any atom is 0.129 e. The van der Waals surface area contributed by atoms with Crippen molar-refractivity contribution in [2.45, 2.75) is 19.4 Å². The minimum atomic E-state index is 0.536. The molecule has 1 aliphatic rings. The molecule has 0 saturated carbocycles. The molecule has 2 heterocycles. The Morgan fingerprint density at radius 1 is 0.947 bits per heavy atom. The Morgan fingerprint density at radius 3 is 2.26 bits per heavy atom. The van der Waals surface area contributed by atoms with E-state index < -0.39 is 0 Å². The van der Waals surface area contributed by atoms with Crippen molar-refractivity contribution in [3.63, 3.8) is 0 Å². The summed E-state index contributed by atoms with van der Waals surface area (Å²) in [6.07, 6.45) is 4.50. The molecule has 0 aliphatic carbocycles. The first-order chi connectivity index (χ1) is 9.31. The third-order valence-electron chi connectivity index (χ3n) is 3.62. The highest BCUT2D eigenvalue weighted by Crippen LogP contribution is 2.21. The first-order valence-corrected chi connectivity index (χ1v) is 7.12. The first-order valence-electron chi connectivity index (χ1n) is 6.74. The third kappa shape index (κ3) is 3.14. The fraction of sp³-hybridized carbons (Fsp3) is 0.312.